The van der Waals surface area contributed by atoms with E-state index in [0.717, 1.165) is 45.2 Å². The Morgan fingerprint density at radius 1 is 1.11 bits per heavy atom. The zero-order valence-electron chi connectivity index (χ0n) is 11.3. The minimum Gasteiger partial charge on any atom is -0.381 e. The molecular formula is C14H25N2O2. The number of carbonyl (C=O) groups excluding carboxylic acids is 1. The third-order valence-corrected chi connectivity index (χ3v) is 4.10. The van der Waals surface area contributed by atoms with Gasteiger partial charge in [0.2, 0.25) is 0 Å². The Bertz CT molecular complexity index is 234. The molecule has 103 valence electrons. The van der Waals surface area contributed by atoms with Crippen molar-refractivity contribution < 1.29 is 9.53 Å². The summed E-state index contributed by atoms with van der Waals surface area (Å²) in [5, 5.41) is 0. The lowest BCUT2D eigenvalue weighted by Crippen LogP contribution is -2.47. The summed E-state index contributed by atoms with van der Waals surface area (Å²) in [6.45, 7) is 8.88. The molecule has 2 heterocycles. The minimum atomic E-state index is 0.585. The molecule has 18 heavy (non-hydrogen) atoms. The molecule has 2 saturated heterocycles. The Morgan fingerprint density at radius 2 is 1.83 bits per heavy atom. The molecule has 0 N–H and O–H groups in total. The van der Waals surface area contributed by atoms with E-state index in [1.807, 2.05) is 6.29 Å². The third kappa shape index (κ3) is 4.67. The Hall–Kier alpha value is -0.450. The topological polar surface area (TPSA) is 32.8 Å². The summed E-state index contributed by atoms with van der Waals surface area (Å²) in [6, 6.07) is 0. The molecule has 0 aliphatic carbocycles. The minimum absolute atomic E-state index is 0.585. The molecule has 0 aromatic heterocycles. The van der Waals surface area contributed by atoms with Crippen molar-refractivity contribution in [3.63, 3.8) is 0 Å². The first kappa shape index (κ1) is 14.0. The van der Waals surface area contributed by atoms with Gasteiger partial charge in [0.05, 0.1) is 0 Å². The third-order valence-electron chi connectivity index (χ3n) is 4.10. The molecule has 2 aliphatic heterocycles. The van der Waals surface area contributed by atoms with Crippen molar-refractivity contribution >= 4 is 6.29 Å². The summed E-state index contributed by atoms with van der Waals surface area (Å²) >= 11 is 0. The molecule has 2 rings (SSSR count). The molecule has 4 heteroatoms. The van der Waals surface area contributed by atoms with Gasteiger partial charge in [0, 0.05) is 45.8 Å². The molecule has 2 fully saturated rings. The molecule has 0 bridgehead atoms. The largest absolute Gasteiger partial charge is 0.381 e. The SMILES string of the molecule is O=[C]CCCN1CCN(CCC2CCOC2)CC1. The summed E-state index contributed by atoms with van der Waals surface area (Å²) in [7, 11) is 0. The number of unbranched alkanes of at least 4 members (excludes halogenated alkanes) is 1. The van der Waals surface area contributed by atoms with Crippen LogP contribution < -0.4 is 0 Å². The Labute approximate surface area is 110 Å². The molecule has 4 nitrogen and oxygen atoms in total. The Kier molecular flexibility index (Phi) is 6.11. The van der Waals surface area contributed by atoms with Gasteiger partial charge >= 0.3 is 0 Å². The maximum absolute atomic E-state index is 10.1. The van der Waals surface area contributed by atoms with E-state index in [1.165, 1.54) is 32.5 Å². The summed E-state index contributed by atoms with van der Waals surface area (Å²) in [5.41, 5.74) is 0. The lowest BCUT2D eigenvalue weighted by atomic mass is 10.0. The van der Waals surface area contributed by atoms with E-state index in [2.05, 4.69) is 9.80 Å². The molecule has 0 amide bonds. The molecule has 0 aromatic rings. The normalized spacial score (nSPS) is 26.6. The van der Waals surface area contributed by atoms with Crippen molar-refractivity contribution in [2.45, 2.75) is 25.7 Å². The van der Waals surface area contributed by atoms with Crippen LogP contribution in [-0.4, -0.2) is 68.6 Å². The van der Waals surface area contributed by atoms with Gasteiger partial charge in [-0.05, 0) is 38.3 Å². The molecule has 1 atom stereocenters. The van der Waals surface area contributed by atoms with Crippen LogP contribution in [0, 0.1) is 5.92 Å². The van der Waals surface area contributed by atoms with Crippen molar-refractivity contribution in [3.05, 3.63) is 0 Å². The van der Waals surface area contributed by atoms with E-state index in [9.17, 15) is 4.79 Å². The number of hydrogen-bond donors (Lipinski definition) is 0. The van der Waals surface area contributed by atoms with Gasteiger partial charge in [-0.3, -0.25) is 4.79 Å². The van der Waals surface area contributed by atoms with Gasteiger partial charge in [0.25, 0.3) is 0 Å². The Morgan fingerprint density at radius 3 is 2.44 bits per heavy atom. The van der Waals surface area contributed by atoms with Crippen LogP contribution in [0.1, 0.15) is 25.7 Å². The van der Waals surface area contributed by atoms with Gasteiger partial charge in [-0.15, -0.1) is 0 Å². The molecule has 0 saturated carbocycles. The average Bonchev–Trinajstić information content (AvgIpc) is 2.91. The van der Waals surface area contributed by atoms with Gasteiger partial charge in [-0.25, -0.2) is 0 Å². The predicted molar refractivity (Wildman–Crippen MR) is 71.4 cm³/mol. The first-order valence-electron chi connectivity index (χ1n) is 7.26. The van der Waals surface area contributed by atoms with E-state index in [4.69, 9.17) is 4.74 Å². The predicted octanol–water partition coefficient (Wildman–Crippen LogP) is 0.920. The van der Waals surface area contributed by atoms with Gasteiger partial charge in [-0.2, -0.15) is 0 Å². The summed E-state index contributed by atoms with van der Waals surface area (Å²) in [4.78, 5) is 15.2. The van der Waals surface area contributed by atoms with Crippen LogP contribution in [0.15, 0.2) is 0 Å². The van der Waals surface area contributed by atoms with Crippen LogP contribution in [0.4, 0.5) is 0 Å². The van der Waals surface area contributed by atoms with Crippen molar-refractivity contribution in [2.24, 2.45) is 5.92 Å². The molecule has 2 aliphatic rings. The number of piperazine rings is 1. The van der Waals surface area contributed by atoms with Crippen LogP contribution in [-0.2, 0) is 9.53 Å². The summed E-state index contributed by atoms with van der Waals surface area (Å²) < 4.78 is 5.41. The van der Waals surface area contributed by atoms with Crippen molar-refractivity contribution in [1.82, 2.24) is 9.80 Å². The maximum Gasteiger partial charge on any atom is 0.198 e. The average molecular weight is 253 g/mol. The fourth-order valence-electron chi connectivity index (χ4n) is 2.79. The van der Waals surface area contributed by atoms with Gasteiger partial charge in [0.15, 0.2) is 6.29 Å². The van der Waals surface area contributed by atoms with Gasteiger partial charge < -0.3 is 14.5 Å². The first-order chi connectivity index (χ1) is 8.88. The standard InChI is InChI=1S/C14H25N2O2/c17-11-2-1-5-15-7-9-16(10-8-15)6-3-14-4-12-18-13-14/h14H,1-10,12-13H2. The molecule has 1 radical (unpaired) electrons. The monoisotopic (exact) mass is 253 g/mol. The molecule has 0 spiro atoms. The molecule has 1 unspecified atom stereocenters. The maximum atomic E-state index is 10.1. The lowest BCUT2D eigenvalue weighted by Gasteiger charge is -2.35. The zero-order chi connectivity index (χ0) is 12.6. The number of rotatable bonds is 7. The van der Waals surface area contributed by atoms with E-state index in [1.54, 1.807) is 0 Å². The van der Waals surface area contributed by atoms with Crippen LogP contribution in [0.3, 0.4) is 0 Å². The highest BCUT2D eigenvalue weighted by Gasteiger charge is 2.19. The fraction of sp³-hybridized carbons (Fsp3) is 0.929. The quantitative estimate of drug-likeness (QED) is 0.632. The molecule has 0 aromatic carbocycles. The van der Waals surface area contributed by atoms with Gasteiger partial charge in [-0.1, -0.05) is 0 Å². The highest BCUT2D eigenvalue weighted by molar-refractivity contribution is 5.50. The van der Waals surface area contributed by atoms with Crippen molar-refractivity contribution in [3.8, 4) is 0 Å². The summed E-state index contributed by atoms with van der Waals surface area (Å²) in [5.74, 6) is 0.797. The smallest absolute Gasteiger partial charge is 0.198 e. The van der Waals surface area contributed by atoms with Crippen LogP contribution in [0.5, 0.6) is 0 Å². The zero-order valence-corrected chi connectivity index (χ0v) is 11.3. The lowest BCUT2D eigenvalue weighted by molar-refractivity contribution is 0.123. The van der Waals surface area contributed by atoms with Crippen LogP contribution in [0.2, 0.25) is 0 Å². The van der Waals surface area contributed by atoms with E-state index < -0.39 is 0 Å². The second-order valence-corrected chi connectivity index (χ2v) is 5.45. The number of ether oxygens (including phenoxy) is 1. The summed E-state index contributed by atoms with van der Waals surface area (Å²) in [6.07, 6.45) is 6.06. The second kappa shape index (κ2) is 7.87. The van der Waals surface area contributed by atoms with Gasteiger partial charge in [0.1, 0.15) is 0 Å². The van der Waals surface area contributed by atoms with Crippen molar-refractivity contribution in [2.75, 3.05) is 52.5 Å². The van der Waals surface area contributed by atoms with Crippen molar-refractivity contribution in [1.29, 1.82) is 0 Å². The molecular weight excluding hydrogens is 228 g/mol. The second-order valence-electron chi connectivity index (χ2n) is 5.45. The fourth-order valence-corrected chi connectivity index (χ4v) is 2.79. The van der Waals surface area contributed by atoms with E-state index >= 15 is 0 Å². The van der Waals surface area contributed by atoms with E-state index in [0.29, 0.717) is 6.42 Å². The van der Waals surface area contributed by atoms with Crippen LogP contribution >= 0.6 is 0 Å². The number of nitrogens with zero attached hydrogens (tertiary/aromatic N) is 2. The highest BCUT2D eigenvalue weighted by atomic mass is 16.5. The van der Waals surface area contributed by atoms with Crippen LogP contribution in [0.25, 0.3) is 0 Å². The Balaban J connectivity index is 1.53. The highest BCUT2D eigenvalue weighted by Crippen LogP contribution is 2.17. The first-order valence-corrected chi connectivity index (χ1v) is 7.26. The number of hydrogen-bond acceptors (Lipinski definition) is 4. The van der Waals surface area contributed by atoms with E-state index in [-0.39, 0.29) is 0 Å².